The van der Waals surface area contributed by atoms with E-state index in [1.165, 1.54) is 19.3 Å². The lowest BCUT2D eigenvalue weighted by Crippen LogP contribution is -2.35. The van der Waals surface area contributed by atoms with Gasteiger partial charge < -0.3 is 14.8 Å². The predicted octanol–water partition coefficient (Wildman–Crippen LogP) is 2.75. The van der Waals surface area contributed by atoms with Gasteiger partial charge in [-0.25, -0.2) is 0 Å². The molecule has 1 N–H and O–H groups in total. The van der Waals surface area contributed by atoms with Crippen LogP contribution >= 0.6 is 11.6 Å². The Bertz CT molecular complexity index is 416. The quantitative estimate of drug-likeness (QED) is 0.879. The first-order chi connectivity index (χ1) is 8.34. The lowest BCUT2D eigenvalue weighted by molar-refractivity contribution is 0.173. The maximum Gasteiger partial charge on any atom is 0.231 e. The van der Waals surface area contributed by atoms with Crippen LogP contribution in [0.3, 0.4) is 0 Å². The first-order valence-corrected chi connectivity index (χ1v) is 6.53. The van der Waals surface area contributed by atoms with Gasteiger partial charge in [0.1, 0.15) is 0 Å². The third-order valence-electron chi connectivity index (χ3n) is 3.45. The molecule has 0 radical (unpaired) electrons. The van der Waals surface area contributed by atoms with Gasteiger partial charge in [0.2, 0.25) is 6.79 Å². The molecular weight excluding hydrogens is 238 g/mol. The molecule has 0 aliphatic carbocycles. The standard InChI is InChI=1S/C13H16ClNO2/c14-11-4-5-12-13(17-8-16-12)10(11)7-9-3-1-2-6-15-9/h4-5,9,15H,1-3,6-8H2. The molecule has 1 atom stereocenters. The molecule has 0 amide bonds. The highest BCUT2D eigenvalue weighted by atomic mass is 35.5. The Kier molecular flexibility index (Phi) is 3.12. The van der Waals surface area contributed by atoms with E-state index in [9.17, 15) is 0 Å². The summed E-state index contributed by atoms with van der Waals surface area (Å²) in [5.41, 5.74) is 1.08. The summed E-state index contributed by atoms with van der Waals surface area (Å²) in [6.07, 6.45) is 4.70. The third kappa shape index (κ3) is 2.22. The molecule has 4 heteroatoms. The normalized spacial score (nSPS) is 22.8. The Balaban J connectivity index is 1.84. The van der Waals surface area contributed by atoms with E-state index < -0.39 is 0 Å². The van der Waals surface area contributed by atoms with Crippen LogP contribution in [0.2, 0.25) is 5.02 Å². The van der Waals surface area contributed by atoms with Crippen molar-refractivity contribution < 1.29 is 9.47 Å². The van der Waals surface area contributed by atoms with Crippen molar-refractivity contribution in [3.8, 4) is 11.5 Å². The Morgan fingerprint density at radius 2 is 2.24 bits per heavy atom. The zero-order chi connectivity index (χ0) is 11.7. The zero-order valence-electron chi connectivity index (χ0n) is 9.67. The molecule has 0 aromatic heterocycles. The van der Waals surface area contributed by atoms with Crippen LogP contribution in [0, 0.1) is 0 Å². The van der Waals surface area contributed by atoms with Crippen LogP contribution in [0.25, 0.3) is 0 Å². The average molecular weight is 254 g/mol. The van der Waals surface area contributed by atoms with E-state index in [4.69, 9.17) is 21.1 Å². The molecular formula is C13H16ClNO2. The summed E-state index contributed by atoms with van der Waals surface area (Å²) in [4.78, 5) is 0. The number of fused-ring (bicyclic) bond motifs is 1. The summed E-state index contributed by atoms with van der Waals surface area (Å²) in [7, 11) is 0. The molecule has 17 heavy (non-hydrogen) atoms. The van der Waals surface area contributed by atoms with Crippen LogP contribution in [-0.2, 0) is 6.42 Å². The molecule has 1 fully saturated rings. The van der Waals surface area contributed by atoms with Crippen LogP contribution in [0.5, 0.6) is 11.5 Å². The van der Waals surface area contributed by atoms with Crippen molar-refractivity contribution in [1.82, 2.24) is 5.32 Å². The van der Waals surface area contributed by atoms with Gasteiger partial charge in [-0.1, -0.05) is 18.0 Å². The van der Waals surface area contributed by atoms with Crippen LogP contribution in [0.1, 0.15) is 24.8 Å². The molecule has 92 valence electrons. The predicted molar refractivity (Wildman–Crippen MR) is 66.9 cm³/mol. The van der Waals surface area contributed by atoms with Crippen LogP contribution in [0.4, 0.5) is 0 Å². The van der Waals surface area contributed by atoms with E-state index in [0.29, 0.717) is 12.8 Å². The fourth-order valence-corrected chi connectivity index (χ4v) is 2.77. The van der Waals surface area contributed by atoms with Crippen molar-refractivity contribution in [2.45, 2.75) is 31.7 Å². The summed E-state index contributed by atoms with van der Waals surface area (Å²) in [5.74, 6) is 1.66. The first kappa shape index (κ1) is 11.2. The number of hydrogen-bond donors (Lipinski definition) is 1. The van der Waals surface area contributed by atoms with E-state index in [0.717, 1.165) is 35.1 Å². The van der Waals surface area contributed by atoms with Gasteiger partial charge in [-0.2, -0.15) is 0 Å². The van der Waals surface area contributed by atoms with E-state index in [1.54, 1.807) is 0 Å². The average Bonchev–Trinajstić information content (AvgIpc) is 2.83. The maximum absolute atomic E-state index is 6.26. The second-order valence-corrected chi connectivity index (χ2v) is 5.02. The topological polar surface area (TPSA) is 30.5 Å². The number of piperidine rings is 1. The fraction of sp³-hybridized carbons (Fsp3) is 0.538. The van der Waals surface area contributed by atoms with Gasteiger partial charge in [-0.15, -0.1) is 0 Å². The van der Waals surface area contributed by atoms with E-state index in [1.807, 2.05) is 12.1 Å². The number of nitrogens with one attached hydrogen (secondary N) is 1. The minimum Gasteiger partial charge on any atom is -0.454 e. The number of ether oxygens (including phenoxy) is 2. The van der Waals surface area contributed by atoms with Gasteiger partial charge in [-0.05, 0) is 37.9 Å². The molecule has 3 rings (SSSR count). The second kappa shape index (κ2) is 4.75. The lowest BCUT2D eigenvalue weighted by atomic mass is 9.97. The molecule has 1 saturated heterocycles. The summed E-state index contributed by atoms with van der Waals surface area (Å²) < 4.78 is 10.9. The summed E-state index contributed by atoms with van der Waals surface area (Å²) in [5, 5.41) is 4.31. The van der Waals surface area contributed by atoms with Gasteiger partial charge >= 0.3 is 0 Å². The Hall–Kier alpha value is -0.930. The highest BCUT2D eigenvalue weighted by Crippen LogP contribution is 2.40. The van der Waals surface area contributed by atoms with Crippen molar-refractivity contribution in [1.29, 1.82) is 0 Å². The van der Waals surface area contributed by atoms with Crippen LogP contribution in [0.15, 0.2) is 12.1 Å². The molecule has 1 unspecified atom stereocenters. The van der Waals surface area contributed by atoms with E-state index in [-0.39, 0.29) is 0 Å². The monoisotopic (exact) mass is 253 g/mol. The highest BCUT2D eigenvalue weighted by Gasteiger charge is 2.23. The van der Waals surface area contributed by atoms with Gasteiger partial charge in [-0.3, -0.25) is 0 Å². The smallest absolute Gasteiger partial charge is 0.231 e. The molecule has 2 aliphatic rings. The third-order valence-corrected chi connectivity index (χ3v) is 3.80. The van der Waals surface area contributed by atoms with Crippen molar-refractivity contribution in [2.75, 3.05) is 13.3 Å². The second-order valence-electron chi connectivity index (χ2n) is 4.61. The lowest BCUT2D eigenvalue weighted by Gasteiger charge is -2.24. The highest BCUT2D eigenvalue weighted by molar-refractivity contribution is 6.31. The summed E-state index contributed by atoms with van der Waals surface area (Å²) >= 11 is 6.26. The van der Waals surface area contributed by atoms with Crippen LogP contribution in [-0.4, -0.2) is 19.4 Å². The fourth-order valence-electron chi connectivity index (χ4n) is 2.54. The van der Waals surface area contributed by atoms with Crippen molar-refractivity contribution in [3.05, 3.63) is 22.7 Å². The van der Waals surface area contributed by atoms with Gasteiger partial charge in [0.15, 0.2) is 11.5 Å². The van der Waals surface area contributed by atoms with Gasteiger partial charge in [0.25, 0.3) is 0 Å². The largest absolute Gasteiger partial charge is 0.454 e. The number of halogens is 1. The van der Waals surface area contributed by atoms with Crippen molar-refractivity contribution >= 4 is 11.6 Å². The SMILES string of the molecule is Clc1ccc2c(c1CC1CCCCN1)OCO2. The first-order valence-electron chi connectivity index (χ1n) is 6.15. The number of hydrogen-bond acceptors (Lipinski definition) is 3. The molecule has 1 aromatic rings. The molecule has 2 heterocycles. The minimum absolute atomic E-state index is 0.306. The van der Waals surface area contributed by atoms with E-state index in [2.05, 4.69) is 5.32 Å². The Labute approximate surface area is 106 Å². The Morgan fingerprint density at radius 1 is 1.29 bits per heavy atom. The molecule has 1 aromatic carbocycles. The maximum atomic E-state index is 6.26. The molecule has 0 bridgehead atoms. The summed E-state index contributed by atoms with van der Waals surface area (Å²) in [6.45, 7) is 1.41. The summed E-state index contributed by atoms with van der Waals surface area (Å²) in [6, 6.07) is 4.28. The van der Waals surface area contributed by atoms with Gasteiger partial charge in [0.05, 0.1) is 0 Å². The number of benzene rings is 1. The van der Waals surface area contributed by atoms with Gasteiger partial charge in [0, 0.05) is 16.6 Å². The molecule has 2 aliphatic heterocycles. The van der Waals surface area contributed by atoms with Crippen molar-refractivity contribution in [2.24, 2.45) is 0 Å². The minimum atomic E-state index is 0.306. The molecule has 0 saturated carbocycles. The van der Waals surface area contributed by atoms with E-state index >= 15 is 0 Å². The Morgan fingerprint density at radius 3 is 3.06 bits per heavy atom. The van der Waals surface area contributed by atoms with Crippen LogP contribution < -0.4 is 14.8 Å². The number of rotatable bonds is 2. The zero-order valence-corrected chi connectivity index (χ0v) is 10.4. The van der Waals surface area contributed by atoms with Crippen molar-refractivity contribution in [3.63, 3.8) is 0 Å². The molecule has 0 spiro atoms. The molecule has 3 nitrogen and oxygen atoms in total.